The number of nitrogens with one attached hydrogen (secondary N) is 1. The molecule has 0 saturated carbocycles. The highest BCUT2D eigenvalue weighted by atomic mass is 79.9. The van der Waals surface area contributed by atoms with Gasteiger partial charge in [0.05, 0.1) is 0 Å². The molecule has 0 radical (unpaired) electrons. The molecule has 1 aromatic carbocycles. The molecule has 1 rings (SSSR count). The predicted octanol–water partition coefficient (Wildman–Crippen LogP) is 3.57. The van der Waals surface area contributed by atoms with Crippen molar-refractivity contribution < 1.29 is 0 Å². The SMILES string of the molecule is C=CCN(CC)Cc1ccc(CNCC)cc1Br. The summed E-state index contributed by atoms with van der Waals surface area (Å²) in [6.45, 7) is 13.0. The van der Waals surface area contributed by atoms with Crippen LogP contribution >= 0.6 is 15.9 Å². The van der Waals surface area contributed by atoms with Crippen molar-refractivity contribution in [2.45, 2.75) is 26.9 Å². The highest BCUT2D eigenvalue weighted by Crippen LogP contribution is 2.20. The Morgan fingerprint density at radius 1 is 1.39 bits per heavy atom. The third-order valence-electron chi connectivity index (χ3n) is 2.93. The molecule has 100 valence electrons. The minimum Gasteiger partial charge on any atom is -0.313 e. The van der Waals surface area contributed by atoms with E-state index in [0.29, 0.717) is 0 Å². The second-order valence-corrected chi connectivity index (χ2v) is 5.18. The van der Waals surface area contributed by atoms with E-state index < -0.39 is 0 Å². The van der Waals surface area contributed by atoms with Crippen LogP contribution in [-0.2, 0) is 13.1 Å². The molecule has 0 aliphatic heterocycles. The minimum atomic E-state index is 0.930. The molecule has 0 fully saturated rings. The van der Waals surface area contributed by atoms with E-state index in [9.17, 15) is 0 Å². The summed E-state index contributed by atoms with van der Waals surface area (Å²) in [4.78, 5) is 2.36. The van der Waals surface area contributed by atoms with Crippen molar-refractivity contribution in [2.75, 3.05) is 19.6 Å². The van der Waals surface area contributed by atoms with E-state index in [0.717, 1.165) is 32.7 Å². The first-order chi connectivity index (χ1) is 8.71. The number of likely N-dealkylation sites (N-methyl/N-ethyl adjacent to an activating group) is 1. The van der Waals surface area contributed by atoms with Gasteiger partial charge in [0.1, 0.15) is 0 Å². The fraction of sp³-hybridized carbons (Fsp3) is 0.467. The third kappa shape index (κ3) is 4.92. The van der Waals surface area contributed by atoms with Gasteiger partial charge in [0.15, 0.2) is 0 Å². The number of hydrogen-bond acceptors (Lipinski definition) is 2. The normalized spacial score (nSPS) is 10.9. The first kappa shape index (κ1) is 15.4. The summed E-state index contributed by atoms with van der Waals surface area (Å²) in [7, 11) is 0. The molecule has 18 heavy (non-hydrogen) atoms. The molecule has 0 unspecified atom stereocenters. The summed E-state index contributed by atoms with van der Waals surface area (Å²) < 4.78 is 1.19. The van der Waals surface area contributed by atoms with E-state index in [4.69, 9.17) is 0 Å². The molecule has 1 aromatic rings. The Bertz CT molecular complexity index is 377. The van der Waals surface area contributed by atoms with Crippen LogP contribution in [-0.4, -0.2) is 24.5 Å². The predicted molar refractivity (Wildman–Crippen MR) is 82.7 cm³/mol. The number of nitrogens with zero attached hydrogens (tertiary/aromatic N) is 1. The summed E-state index contributed by atoms with van der Waals surface area (Å²) in [5, 5.41) is 3.34. The standard InChI is InChI=1S/C15H23BrN2/c1-4-9-18(6-3)12-14-8-7-13(10-15(14)16)11-17-5-2/h4,7-8,10,17H,1,5-6,9,11-12H2,2-3H3. The Labute approximate surface area is 119 Å². The Balaban J connectivity index is 2.69. The maximum atomic E-state index is 3.80. The lowest BCUT2D eigenvalue weighted by Crippen LogP contribution is -2.23. The van der Waals surface area contributed by atoms with E-state index in [1.807, 2.05) is 6.08 Å². The van der Waals surface area contributed by atoms with Gasteiger partial charge in [-0.15, -0.1) is 6.58 Å². The van der Waals surface area contributed by atoms with Gasteiger partial charge in [-0.2, -0.15) is 0 Å². The molecule has 0 aromatic heterocycles. The van der Waals surface area contributed by atoms with Crippen LogP contribution in [0.5, 0.6) is 0 Å². The second kappa shape index (κ2) is 8.46. The summed E-state index contributed by atoms with van der Waals surface area (Å²) in [6.07, 6.45) is 1.96. The first-order valence-electron chi connectivity index (χ1n) is 6.52. The van der Waals surface area contributed by atoms with Crippen LogP contribution in [0, 0.1) is 0 Å². The average Bonchev–Trinajstić information content (AvgIpc) is 2.38. The van der Waals surface area contributed by atoms with E-state index in [1.165, 1.54) is 15.6 Å². The zero-order chi connectivity index (χ0) is 13.4. The Morgan fingerprint density at radius 2 is 2.17 bits per heavy atom. The molecule has 0 atom stereocenters. The van der Waals surface area contributed by atoms with Crippen LogP contribution in [0.15, 0.2) is 35.3 Å². The lowest BCUT2D eigenvalue weighted by atomic mass is 10.1. The van der Waals surface area contributed by atoms with Crippen molar-refractivity contribution in [1.82, 2.24) is 10.2 Å². The zero-order valence-corrected chi connectivity index (χ0v) is 13.0. The highest BCUT2D eigenvalue weighted by Gasteiger charge is 2.06. The molecular weight excluding hydrogens is 288 g/mol. The molecule has 0 amide bonds. The Hall–Kier alpha value is -0.640. The van der Waals surface area contributed by atoms with Gasteiger partial charge in [-0.25, -0.2) is 0 Å². The summed E-state index contributed by atoms with van der Waals surface area (Å²) in [6, 6.07) is 6.62. The molecule has 0 saturated heterocycles. The van der Waals surface area contributed by atoms with Crippen molar-refractivity contribution in [3.63, 3.8) is 0 Å². The van der Waals surface area contributed by atoms with E-state index >= 15 is 0 Å². The van der Waals surface area contributed by atoms with Gasteiger partial charge in [0.25, 0.3) is 0 Å². The fourth-order valence-corrected chi connectivity index (χ4v) is 2.38. The fourth-order valence-electron chi connectivity index (χ4n) is 1.83. The summed E-state index contributed by atoms with van der Waals surface area (Å²) in [5.41, 5.74) is 2.65. The quantitative estimate of drug-likeness (QED) is 0.739. The maximum Gasteiger partial charge on any atom is 0.0248 e. The van der Waals surface area contributed by atoms with Crippen molar-refractivity contribution >= 4 is 15.9 Å². The highest BCUT2D eigenvalue weighted by molar-refractivity contribution is 9.10. The maximum absolute atomic E-state index is 3.80. The second-order valence-electron chi connectivity index (χ2n) is 4.32. The molecule has 0 spiro atoms. The monoisotopic (exact) mass is 310 g/mol. The van der Waals surface area contributed by atoms with Gasteiger partial charge >= 0.3 is 0 Å². The number of hydrogen-bond donors (Lipinski definition) is 1. The number of halogens is 1. The molecule has 1 N–H and O–H groups in total. The lowest BCUT2D eigenvalue weighted by Gasteiger charge is -2.19. The van der Waals surface area contributed by atoms with E-state index in [2.05, 4.69) is 64.8 Å². The molecule has 2 nitrogen and oxygen atoms in total. The smallest absolute Gasteiger partial charge is 0.0248 e. The Kier molecular flexibility index (Phi) is 7.25. The zero-order valence-electron chi connectivity index (χ0n) is 11.4. The van der Waals surface area contributed by atoms with Crippen molar-refractivity contribution in [3.05, 3.63) is 46.5 Å². The van der Waals surface area contributed by atoms with Crippen LogP contribution in [0.2, 0.25) is 0 Å². The van der Waals surface area contributed by atoms with E-state index in [-0.39, 0.29) is 0 Å². The van der Waals surface area contributed by atoms with Gasteiger partial charge < -0.3 is 5.32 Å². The Morgan fingerprint density at radius 3 is 2.72 bits per heavy atom. The van der Waals surface area contributed by atoms with Crippen molar-refractivity contribution in [1.29, 1.82) is 0 Å². The van der Waals surface area contributed by atoms with Crippen molar-refractivity contribution in [3.8, 4) is 0 Å². The van der Waals surface area contributed by atoms with Gasteiger partial charge in [0, 0.05) is 24.1 Å². The lowest BCUT2D eigenvalue weighted by molar-refractivity contribution is 0.311. The van der Waals surface area contributed by atoms with Gasteiger partial charge in [-0.3, -0.25) is 4.90 Å². The average molecular weight is 311 g/mol. The van der Waals surface area contributed by atoms with Gasteiger partial charge in [0.2, 0.25) is 0 Å². The number of benzene rings is 1. The summed E-state index contributed by atoms with van der Waals surface area (Å²) >= 11 is 3.67. The van der Waals surface area contributed by atoms with Gasteiger partial charge in [-0.1, -0.05) is 48.0 Å². The van der Waals surface area contributed by atoms with Crippen LogP contribution in [0.4, 0.5) is 0 Å². The number of rotatable bonds is 8. The van der Waals surface area contributed by atoms with Crippen LogP contribution in [0.1, 0.15) is 25.0 Å². The molecular formula is C15H23BrN2. The molecule has 3 heteroatoms. The van der Waals surface area contributed by atoms with Crippen LogP contribution in [0.3, 0.4) is 0 Å². The molecule has 0 aliphatic rings. The van der Waals surface area contributed by atoms with Crippen LogP contribution < -0.4 is 5.32 Å². The molecule has 0 bridgehead atoms. The first-order valence-corrected chi connectivity index (χ1v) is 7.31. The topological polar surface area (TPSA) is 15.3 Å². The largest absolute Gasteiger partial charge is 0.313 e. The third-order valence-corrected chi connectivity index (χ3v) is 3.66. The molecule has 0 aliphatic carbocycles. The van der Waals surface area contributed by atoms with Gasteiger partial charge in [-0.05, 0) is 30.3 Å². The van der Waals surface area contributed by atoms with Crippen LogP contribution in [0.25, 0.3) is 0 Å². The minimum absolute atomic E-state index is 0.930. The van der Waals surface area contributed by atoms with Crippen molar-refractivity contribution in [2.24, 2.45) is 0 Å². The van der Waals surface area contributed by atoms with E-state index in [1.54, 1.807) is 0 Å². The molecule has 0 heterocycles. The summed E-state index contributed by atoms with van der Waals surface area (Å²) in [5.74, 6) is 0.